The zero-order valence-electron chi connectivity index (χ0n) is 26.4. The molecule has 0 saturated heterocycles. The van der Waals surface area contributed by atoms with Crippen LogP contribution in [0.25, 0.3) is 88.9 Å². The Morgan fingerprint density at radius 1 is 0.500 bits per heavy atom. The van der Waals surface area contributed by atoms with Gasteiger partial charge in [0.25, 0.3) is 0 Å². The first-order chi connectivity index (χ1) is 23.5. The molecule has 3 heterocycles. The third-order valence-electron chi connectivity index (χ3n) is 10.0. The SMILES string of the molecule is CC1(C)c2ccccc2-c2cc(-c3nc(-c4cccc5c4oc4ncccc45)nc(-c4cccc5ccc6ccccc6c45)n3)ccc21. The van der Waals surface area contributed by atoms with Gasteiger partial charge in [0, 0.05) is 38.9 Å². The molecule has 0 amide bonds. The summed E-state index contributed by atoms with van der Waals surface area (Å²) < 4.78 is 6.37. The van der Waals surface area contributed by atoms with Gasteiger partial charge in [0.05, 0.1) is 5.56 Å². The predicted octanol–water partition coefficient (Wildman–Crippen LogP) is 10.8. The summed E-state index contributed by atoms with van der Waals surface area (Å²) >= 11 is 0. The van der Waals surface area contributed by atoms with E-state index in [2.05, 4.69) is 122 Å². The number of pyridine rings is 1. The molecule has 0 N–H and O–H groups in total. The van der Waals surface area contributed by atoms with Gasteiger partial charge >= 0.3 is 0 Å². The molecule has 5 nitrogen and oxygen atoms in total. The van der Waals surface area contributed by atoms with Crippen LogP contribution in [0.4, 0.5) is 0 Å². The van der Waals surface area contributed by atoms with Crippen LogP contribution in [0.2, 0.25) is 0 Å². The second kappa shape index (κ2) is 9.90. The Balaban J connectivity index is 1.26. The van der Waals surface area contributed by atoms with Crippen molar-refractivity contribution in [2.45, 2.75) is 19.3 Å². The van der Waals surface area contributed by atoms with Crippen molar-refractivity contribution in [3.05, 3.63) is 145 Å². The molecule has 0 aliphatic heterocycles. The quantitative estimate of drug-likeness (QED) is 0.185. The lowest BCUT2D eigenvalue weighted by molar-refractivity contribution is 0.654. The van der Waals surface area contributed by atoms with Crippen molar-refractivity contribution in [3.8, 4) is 45.3 Å². The number of furan rings is 1. The highest BCUT2D eigenvalue weighted by Gasteiger charge is 2.35. The average Bonchev–Trinajstić information content (AvgIpc) is 3.63. The highest BCUT2D eigenvalue weighted by Crippen LogP contribution is 2.49. The summed E-state index contributed by atoms with van der Waals surface area (Å²) in [5.74, 6) is 1.78. The molecule has 6 aromatic carbocycles. The highest BCUT2D eigenvalue weighted by atomic mass is 16.3. The van der Waals surface area contributed by atoms with Crippen molar-refractivity contribution in [3.63, 3.8) is 0 Å². The van der Waals surface area contributed by atoms with Crippen molar-refractivity contribution in [2.75, 3.05) is 0 Å². The maximum absolute atomic E-state index is 6.37. The number of hydrogen-bond donors (Lipinski definition) is 0. The van der Waals surface area contributed by atoms with E-state index in [9.17, 15) is 0 Å². The van der Waals surface area contributed by atoms with E-state index in [1.54, 1.807) is 6.20 Å². The van der Waals surface area contributed by atoms with E-state index in [0.29, 0.717) is 28.8 Å². The van der Waals surface area contributed by atoms with Gasteiger partial charge in [-0.05, 0) is 62.7 Å². The lowest BCUT2D eigenvalue weighted by atomic mass is 9.82. The molecule has 0 atom stereocenters. The molecule has 48 heavy (non-hydrogen) atoms. The molecule has 226 valence electrons. The molecule has 0 unspecified atom stereocenters. The van der Waals surface area contributed by atoms with E-state index in [-0.39, 0.29) is 5.41 Å². The maximum atomic E-state index is 6.37. The minimum atomic E-state index is -0.0884. The van der Waals surface area contributed by atoms with Crippen LogP contribution in [-0.4, -0.2) is 19.9 Å². The van der Waals surface area contributed by atoms with Gasteiger partial charge in [0.15, 0.2) is 17.5 Å². The lowest BCUT2D eigenvalue weighted by Gasteiger charge is -2.21. The summed E-state index contributed by atoms with van der Waals surface area (Å²) in [5.41, 5.74) is 9.03. The van der Waals surface area contributed by atoms with Crippen molar-refractivity contribution >= 4 is 43.6 Å². The monoisotopic (exact) mass is 616 g/mol. The van der Waals surface area contributed by atoms with Gasteiger partial charge in [-0.15, -0.1) is 0 Å². The van der Waals surface area contributed by atoms with Crippen molar-refractivity contribution in [2.24, 2.45) is 0 Å². The maximum Gasteiger partial charge on any atom is 0.227 e. The van der Waals surface area contributed by atoms with Crippen molar-refractivity contribution < 1.29 is 4.42 Å². The van der Waals surface area contributed by atoms with E-state index in [1.807, 2.05) is 24.3 Å². The number of fused-ring (bicyclic) bond motifs is 9. The summed E-state index contributed by atoms with van der Waals surface area (Å²) in [6.45, 7) is 4.59. The Kier molecular flexibility index (Phi) is 5.56. The standard InChI is InChI=1S/C43H28N4O/c1-43(2)35-18-6-5-13-29(35)34-24-27(21-22-36(34)43)39-45-40(32-15-7-11-26-20-19-25-10-3-4-12-28(25)37(26)32)47-41(46-39)33-16-8-14-30-31-17-9-23-44-42(31)48-38(30)33/h3-24H,1-2H3. The van der Waals surface area contributed by atoms with Crippen LogP contribution in [0, 0.1) is 0 Å². The first-order valence-corrected chi connectivity index (χ1v) is 16.2. The molecule has 0 fully saturated rings. The molecular weight excluding hydrogens is 589 g/mol. The Labute approximate surface area is 276 Å². The summed E-state index contributed by atoms with van der Waals surface area (Å²) in [4.78, 5) is 20.1. The summed E-state index contributed by atoms with van der Waals surface area (Å²) in [5, 5.41) is 6.53. The first-order valence-electron chi connectivity index (χ1n) is 16.2. The van der Waals surface area contributed by atoms with Gasteiger partial charge in [-0.1, -0.05) is 117 Å². The van der Waals surface area contributed by atoms with Crippen molar-refractivity contribution in [1.29, 1.82) is 0 Å². The fourth-order valence-corrected chi connectivity index (χ4v) is 7.66. The molecule has 1 aliphatic rings. The topological polar surface area (TPSA) is 64.7 Å². The summed E-state index contributed by atoms with van der Waals surface area (Å²) in [6.07, 6.45) is 1.75. The van der Waals surface area contributed by atoms with Crippen LogP contribution in [-0.2, 0) is 5.41 Å². The molecule has 0 bridgehead atoms. The molecule has 10 rings (SSSR count). The van der Waals surface area contributed by atoms with Gasteiger partial charge in [-0.2, -0.15) is 0 Å². The fourth-order valence-electron chi connectivity index (χ4n) is 7.66. The molecule has 9 aromatic rings. The van der Waals surface area contributed by atoms with Crippen molar-refractivity contribution in [1.82, 2.24) is 19.9 Å². The van der Waals surface area contributed by atoms with E-state index in [4.69, 9.17) is 19.4 Å². The number of nitrogens with zero attached hydrogens (tertiary/aromatic N) is 4. The third kappa shape index (κ3) is 3.85. The van der Waals surface area contributed by atoms with E-state index in [1.165, 1.54) is 27.6 Å². The summed E-state index contributed by atoms with van der Waals surface area (Å²) in [6, 6.07) is 44.6. The van der Waals surface area contributed by atoms with Crippen LogP contribution in [0.3, 0.4) is 0 Å². The predicted molar refractivity (Wildman–Crippen MR) is 194 cm³/mol. The fraction of sp³-hybridized carbons (Fsp3) is 0.0698. The van der Waals surface area contributed by atoms with Crippen LogP contribution in [0.15, 0.2) is 138 Å². The van der Waals surface area contributed by atoms with E-state index in [0.717, 1.165) is 43.6 Å². The third-order valence-corrected chi connectivity index (χ3v) is 10.0. The smallest absolute Gasteiger partial charge is 0.227 e. The van der Waals surface area contributed by atoms with Crippen LogP contribution in [0.1, 0.15) is 25.0 Å². The molecule has 1 aliphatic carbocycles. The zero-order chi connectivity index (χ0) is 32.0. The molecule has 0 spiro atoms. The van der Waals surface area contributed by atoms with Crippen LogP contribution in [0.5, 0.6) is 0 Å². The molecular formula is C43H28N4O. The molecule has 5 heteroatoms. The lowest BCUT2D eigenvalue weighted by Crippen LogP contribution is -2.14. The Hall–Kier alpha value is -6.20. The number of rotatable bonds is 3. The molecule has 0 radical (unpaired) electrons. The number of aromatic nitrogens is 4. The molecule has 0 saturated carbocycles. The minimum Gasteiger partial charge on any atom is -0.437 e. The Bertz CT molecular complexity index is 2780. The number of benzene rings is 6. The number of para-hydroxylation sites is 1. The first kappa shape index (κ1) is 27.0. The van der Waals surface area contributed by atoms with Gasteiger partial charge in [-0.25, -0.2) is 19.9 Å². The van der Waals surface area contributed by atoms with Crippen LogP contribution >= 0.6 is 0 Å². The minimum absolute atomic E-state index is 0.0884. The van der Waals surface area contributed by atoms with Gasteiger partial charge in [0.2, 0.25) is 5.71 Å². The van der Waals surface area contributed by atoms with E-state index < -0.39 is 0 Å². The highest BCUT2D eigenvalue weighted by molar-refractivity contribution is 6.14. The summed E-state index contributed by atoms with van der Waals surface area (Å²) in [7, 11) is 0. The number of hydrogen-bond acceptors (Lipinski definition) is 5. The van der Waals surface area contributed by atoms with Gasteiger partial charge in [-0.3, -0.25) is 0 Å². The van der Waals surface area contributed by atoms with E-state index >= 15 is 0 Å². The van der Waals surface area contributed by atoms with Gasteiger partial charge < -0.3 is 4.42 Å². The largest absolute Gasteiger partial charge is 0.437 e. The average molecular weight is 617 g/mol. The normalized spacial score (nSPS) is 13.4. The van der Waals surface area contributed by atoms with Gasteiger partial charge in [0.1, 0.15) is 5.58 Å². The second-order valence-corrected chi connectivity index (χ2v) is 13.1. The van der Waals surface area contributed by atoms with Crippen LogP contribution < -0.4 is 0 Å². The second-order valence-electron chi connectivity index (χ2n) is 13.1. The molecule has 3 aromatic heterocycles. The Morgan fingerprint density at radius 2 is 1.17 bits per heavy atom. The zero-order valence-corrected chi connectivity index (χ0v) is 26.4. The Morgan fingerprint density at radius 3 is 2.10 bits per heavy atom.